The van der Waals surface area contributed by atoms with Crippen LogP contribution in [0.15, 0.2) is 65.7 Å². The first kappa shape index (κ1) is 22.0. The van der Waals surface area contributed by atoms with E-state index in [1.165, 1.54) is 15.6 Å². The Kier molecular flexibility index (Phi) is 6.71. The van der Waals surface area contributed by atoms with E-state index in [0.29, 0.717) is 52.3 Å². The Labute approximate surface area is 190 Å². The van der Waals surface area contributed by atoms with Crippen molar-refractivity contribution in [3.8, 4) is 10.6 Å². The average Bonchev–Trinajstić information content (AvgIpc) is 3.29. The lowest BCUT2D eigenvalue weighted by atomic mass is 9.98. The minimum Gasteiger partial charge on any atom is -0.351 e. The topological polar surface area (TPSA) is 79.4 Å². The number of nitrogens with one attached hydrogen (secondary N) is 1. The van der Waals surface area contributed by atoms with Crippen LogP contribution in [0, 0.1) is 5.92 Å². The molecule has 1 aromatic heterocycles. The number of hydrogen-bond donors (Lipinski definition) is 1. The largest absolute Gasteiger partial charge is 0.351 e. The summed E-state index contributed by atoms with van der Waals surface area (Å²) in [5.74, 6) is 0.0669. The zero-order chi connectivity index (χ0) is 21.8. The zero-order valence-electron chi connectivity index (χ0n) is 16.7. The van der Waals surface area contributed by atoms with Gasteiger partial charge in [-0.3, -0.25) is 4.79 Å². The smallest absolute Gasteiger partial charge is 0.263 e. The van der Waals surface area contributed by atoms with Crippen molar-refractivity contribution in [2.75, 3.05) is 19.6 Å². The molecule has 1 saturated heterocycles. The number of halogens is 1. The summed E-state index contributed by atoms with van der Waals surface area (Å²) in [5, 5.41) is 4.27. The standard InChI is InChI=1S/C22H22ClN3O3S2/c23-19-9-5-4-8-18(19)22-25-15-20(30-22)21(27)24-14-16-10-12-26(13-11-16)31(28,29)17-6-2-1-3-7-17/h1-9,15-16H,10-14H2,(H,24,27). The first-order valence-corrected chi connectivity index (χ1v) is 12.6. The molecule has 1 aliphatic rings. The molecule has 6 nitrogen and oxygen atoms in total. The fourth-order valence-corrected chi connectivity index (χ4v) is 6.20. The Balaban J connectivity index is 1.30. The first-order chi connectivity index (χ1) is 14.9. The third kappa shape index (κ3) is 4.98. The number of carbonyl (C=O) groups excluding carboxylic acids is 1. The normalized spacial score (nSPS) is 15.6. The van der Waals surface area contributed by atoms with Crippen molar-refractivity contribution in [1.82, 2.24) is 14.6 Å². The van der Waals surface area contributed by atoms with E-state index in [4.69, 9.17) is 11.6 Å². The second kappa shape index (κ2) is 9.48. The van der Waals surface area contributed by atoms with Gasteiger partial charge in [0, 0.05) is 25.2 Å². The van der Waals surface area contributed by atoms with E-state index in [2.05, 4.69) is 10.3 Å². The van der Waals surface area contributed by atoms with Crippen LogP contribution >= 0.6 is 22.9 Å². The van der Waals surface area contributed by atoms with E-state index >= 15 is 0 Å². The Bertz CT molecular complexity index is 1160. The van der Waals surface area contributed by atoms with Gasteiger partial charge in [-0.2, -0.15) is 4.31 Å². The number of nitrogens with zero attached hydrogens (tertiary/aromatic N) is 2. The number of aromatic nitrogens is 1. The lowest BCUT2D eigenvalue weighted by Gasteiger charge is -2.31. The van der Waals surface area contributed by atoms with E-state index in [0.717, 1.165) is 5.56 Å². The summed E-state index contributed by atoms with van der Waals surface area (Å²) in [7, 11) is -3.46. The van der Waals surface area contributed by atoms with E-state index in [9.17, 15) is 13.2 Å². The maximum atomic E-state index is 12.7. The fraction of sp³-hybridized carbons (Fsp3) is 0.273. The van der Waals surface area contributed by atoms with Crippen LogP contribution < -0.4 is 5.32 Å². The third-order valence-corrected chi connectivity index (χ3v) is 8.61. The summed E-state index contributed by atoms with van der Waals surface area (Å²) in [6.45, 7) is 1.42. The average molecular weight is 476 g/mol. The van der Waals surface area contributed by atoms with Gasteiger partial charge in [-0.25, -0.2) is 13.4 Å². The molecular weight excluding hydrogens is 454 g/mol. The van der Waals surface area contributed by atoms with Crippen LogP contribution in [0.5, 0.6) is 0 Å². The van der Waals surface area contributed by atoms with Crippen LogP contribution in [0.2, 0.25) is 5.02 Å². The monoisotopic (exact) mass is 475 g/mol. The molecule has 9 heteroatoms. The minimum absolute atomic E-state index is 0.171. The van der Waals surface area contributed by atoms with Gasteiger partial charge in [0.25, 0.3) is 5.91 Å². The second-order valence-corrected chi connectivity index (χ2v) is 10.8. The Morgan fingerprint density at radius 1 is 1.10 bits per heavy atom. The van der Waals surface area contributed by atoms with E-state index in [-0.39, 0.29) is 11.8 Å². The zero-order valence-corrected chi connectivity index (χ0v) is 19.1. The van der Waals surface area contributed by atoms with E-state index < -0.39 is 10.0 Å². The van der Waals surface area contributed by atoms with Crippen LogP contribution in [0.25, 0.3) is 10.6 Å². The Hall–Kier alpha value is -2.26. The molecule has 2 heterocycles. The maximum Gasteiger partial charge on any atom is 0.263 e. The molecule has 0 atom stereocenters. The summed E-state index contributed by atoms with van der Waals surface area (Å²) in [5.41, 5.74) is 0.806. The molecule has 0 bridgehead atoms. The molecule has 0 saturated carbocycles. The molecule has 0 unspecified atom stereocenters. The van der Waals surface area contributed by atoms with Crippen LogP contribution in [0.3, 0.4) is 0 Å². The molecule has 0 spiro atoms. The van der Waals surface area contributed by atoms with E-state index in [1.54, 1.807) is 42.6 Å². The lowest BCUT2D eigenvalue weighted by molar-refractivity contribution is 0.0945. The predicted octanol–water partition coefficient (Wildman–Crippen LogP) is 4.29. The Morgan fingerprint density at radius 3 is 2.48 bits per heavy atom. The SMILES string of the molecule is O=C(NCC1CCN(S(=O)(=O)c2ccccc2)CC1)c1cnc(-c2ccccc2Cl)s1. The first-order valence-electron chi connectivity index (χ1n) is 9.99. The highest BCUT2D eigenvalue weighted by Crippen LogP contribution is 2.31. The molecule has 0 aliphatic carbocycles. The number of amides is 1. The van der Waals surface area contributed by atoms with Gasteiger partial charge in [0.05, 0.1) is 16.1 Å². The van der Waals surface area contributed by atoms with Gasteiger partial charge in [0.15, 0.2) is 0 Å². The molecule has 2 aromatic carbocycles. The minimum atomic E-state index is -3.46. The molecule has 162 valence electrons. The molecule has 31 heavy (non-hydrogen) atoms. The third-order valence-electron chi connectivity index (χ3n) is 5.34. The van der Waals surface area contributed by atoms with Crippen LogP contribution in [-0.4, -0.2) is 43.2 Å². The van der Waals surface area contributed by atoms with Crippen LogP contribution in [-0.2, 0) is 10.0 Å². The summed E-state index contributed by atoms with van der Waals surface area (Å²) < 4.78 is 27.0. The number of rotatable bonds is 6. The van der Waals surface area contributed by atoms with Gasteiger partial charge >= 0.3 is 0 Å². The van der Waals surface area contributed by atoms with Gasteiger partial charge < -0.3 is 5.32 Å². The van der Waals surface area contributed by atoms with Crippen molar-refractivity contribution in [3.05, 3.63) is 70.7 Å². The second-order valence-electron chi connectivity index (χ2n) is 7.38. The van der Waals surface area contributed by atoms with Gasteiger partial charge in [-0.15, -0.1) is 11.3 Å². The van der Waals surface area contributed by atoms with Crippen molar-refractivity contribution < 1.29 is 13.2 Å². The molecule has 1 N–H and O–H groups in total. The maximum absolute atomic E-state index is 12.7. The van der Waals surface area contributed by atoms with Crippen LogP contribution in [0.4, 0.5) is 0 Å². The highest BCUT2D eigenvalue weighted by Gasteiger charge is 2.29. The predicted molar refractivity (Wildman–Crippen MR) is 123 cm³/mol. The summed E-state index contributed by atoms with van der Waals surface area (Å²) >= 11 is 7.51. The molecule has 0 radical (unpaired) electrons. The lowest BCUT2D eigenvalue weighted by Crippen LogP contribution is -2.41. The number of hydrogen-bond acceptors (Lipinski definition) is 5. The summed E-state index contributed by atoms with van der Waals surface area (Å²) in [6.07, 6.45) is 2.98. The summed E-state index contributed by atoms with van der Waals surface area (Å²) in [4.78, 5) is 17.7. The van der Waals surface area contributed by atoms with Crippen molar-refractivity contribution in [1.29, 1.82) is 0 Å². The highest BCUT2D eigenvalue weighted by atomic mass is 35.5. The summed E-state index contributed by atoms with van der Waals surface area (Å²) in [6, 6.07) is 15.9. The molecule has 1 fully saturated rings. The quantitative estimate of drug-likeness (QED) is 0.576. The van der Waals surface area contributed by atoms with Crippen molar-refractivity contribution in [3.63, 3.8) is 0 Å². The number of sulfonamides is 1. The van der Waals surface area contributed by atoms with Gasteiger partial charge in [0.2, 0.25) is 10.0 Å². The Morgan fingerprint density at radius 2 is 1.77 bits per heavy atom. The van der Waals surface area contributed by atoms with Gasteiger partial charge in [-0.05, 0) is 37.0 Å². The fourth-order valence-electron chi connectivity index (χ4n) is 3.56. The number of carbonyl (C=O) groups is 1. The number of thiazole rings is 1. The van der Waals surface area contributed by atoms with Crippen molar-refractivity contribution >= 4 is 38.9 Å². The molecule has 1 aliphatic heterocycles. The molecule has 1 amide bonds. The van der Waals surface area contributed by atoms with Gasteiger partial charge in [-0.1, -0.05) is 48.0 Å². The van der Waals surface area contributed by atoms with Crippen LogP contribution in [0.1, 0.15) is 22.5 Å². The number of piperidine rings is 1. The molecule has 4 rings (SSSR count). The van der Waals surface area contributed by atoms with Crippen molar-refractivity contribution in [2.45, 2.75) is 17.7 Å². The van der Waals surface area contributed by atoms with E-state index in [1.807, 2.05) is 18.2 Å². The number of benzene rings is 2. The molecular formula is C22H22ClN3O3S2. The van der Waals surface area contributed by atoms with Gasteiger partial charge in [0.1, 0.15) is 9.88 Å². The molecule has 3 aromatic rings. The van der Waals surface area contributed by atoms with Crippen molar-refractivity contribution in [2.24, 2.45) is 5.92 Å². The highest BCUT2D eigenvalue weighted by molar-refractivity contribution is 7.89.